The summed E-state index contributed by atoms with van der Waals surface area (Å²) < 4.78 is 0. The van der Waals surface area contributed by atoms with Gasteiger partial charge in [0.25, 0.3) is 0 Å². The van der Waals surface area contributed by atoms with Crippen LogP contribution in [-0.2, 0) is 4.84 Å². The molecule has 6 heteroatoms. The summed E-state index contributed by atoms with van der Waals surface area (Å²) in [6, 6.07) is 0.401. The number of amides is 1. The molecule has 0 aromatic heterocycles. The Morgan fingerprint density at radius 1 is 1.09 bits per heavy atom. The standard InChI is InChI=1S/C29H51N3O3/c1-7-32(17-16-30-19(2)3)27(34)35-31-20(4)24-10-11-25-23-9-8-21-18-22(33)12-14-28(21,5)26(23)13-15-29(24,25)6/h19,21-26,30,33H,7-18H2,1-6H3/b31-20+/t21-,22-,23+,24-,25+,26+,28+,29-/m1/s1. The van der Waals surface area contributed by atoms with Crippen LogP contribution in [0.4, 0.5) is 4.79 Å². The topological polar surface area (TPSA) is 74.2 Å². The van der Waals surface area contributed by atoms with Crippen LogP contribution < -0.4 is 5.32 Å². The second-order valence-electron chi connectivity index (χ2n) is 13.0. The quantitative estimate of drug-likeness (QED) is 0.268. The summed E-state index contributed by atoms with van der Waals surface area (Å²) in [5.41, 5.74) is 1.66. The van der Waals surface area contributed by atoms with Gasteiger partial charge in [-0.1, -0.05) is 32.9 Å². The van der Waals surface area contributed by atoms with Crippen molar-refractivity contribution >= 4 is 11.8 Å². The Morgan fingerprint density at radius 2 is 1.80 bits per heavy atom. The van der Waals surface area contributed by atoms with Crippen LogP contribution in [0.1, 0.15) is 99.3 Å². The zero-order chi connectivity index (χ0) is 25.4. The van der Waals surface area contributed by atoms with Crippen molar-refractivity contribution < 1.29 is 14.7 Å². The normalized spacial score (nSPS) is 41.2. The number of carbonyl (C=O) groups excluding carboxylic acids is 1. The van der Waals surface area contributed by atoms with Gasteiger partial charge < -0.3 is 15.3 Å². The van der Waals surface area contributed by atoms with Crippen molar-refractivity contribution in [1.29, 1.82) is 0 Å². The number of oxime groups is 1. The lowest BCUT2D eigenvalue weighted by atomic mass is 9.44. The molecule has 4 fully saturated rings. The molecule has 8 atom stereocenters. The first-order valence-corrected chi connectivity index (χ1v) is 14.5. The zero-order valence-electron chi connectivity index (χ0n) is 23.2. The molecular weight excluding hydrogens is 438 g/mol. The van der Waals surface area contributed by atoms with Gasteiger partial charge in [0, 0.05) is 31.6 Å². The molecule has 200 valence electrons. The first-order chi connectivity index (χ1) is 16.6. The van der Waals surface area contributed by atoms with E-state index in [0.29, 0.717) is 36.4 Å². The van der Waals surface area contributed by atoms with Crippen LogP contribution in [0.5, 0.6) is 0 Å². The molecule has 35 heavy (non-hydrogen) atoms. The Labute approximate surface area is 213 Å². The smallest absolute Gasteiger partial charge is 0.393 e. The third-order valence-electron chi connectivity index (χ3n) is 11.0. The molecule has 4 rings (SSSR count). The van der Waals surface area contributed by atoms with E-state index in [0.717, 1.165) is 49.3 Å². The maximum absolute atomic E-state index is 12.7. The predicted molar refractivity (Wildman–Crippen MR) is 141 cm³/mol. The van der Waals surface area contributed by atoms with Crippen molar-refractivity contribution in [1.82, 2.24) is 10.2 Å². The highest BCUT2D eigenvalue weighted by atomic mass is 16.7. The van der Waals surface area contributed by atoms with Gasteiger partial charge in [0.1, 0.15) is 0 Å². The van der Waals surface area contributed by atoms with Crippen LogP contribution >= 0.6 is 0 Å². The molecule has 4 aliphatic carbocycles. The molecule has 0 heterocycles. The van der Waals surface area contributed by atoms with E-state index in [-0.39, 0.29) is 17.6 Å². The van der Waals surface area contributed by atoms with Gasteiger partial charge in [0.15, 0.2) is 0 Å². The molecule has 0 aromatic rings. The minimum absolute atomic E-state index is 0.0778. The molecule has 4 aliphatic rings. The highest BCUT2D eigenvalue weighted by Crippen LogP contribution is 2.67. The van der Waals surface area contributed by atoms with E-state index in [9.17, 15) is 9.90 Å². The summed E-state index contributed by atoms with van der Waals surface area (Å²) in [6.45, 7) is 15.3. The van der Waals surface area contributed by atoms with Gasteiger partial charge in [0.2, 0.25) is 0 Å². The average molecular weight is 490 g/mol. The number of carbonyl (C=O) groups is 1. The Bertz CT molecular complexity index is 785. The van der Waals surface area contributed by atoms with Crippen LogP contribution in [0, 0.1) is 40.4 Å². The molecular formula is C29H51N3O3. The van der Waals surface area contributed by atoms with E-state index in [1.807, 2.05) is 6.92 Å². The van der Waals surface area contributed by atoms with Crippen LogP contribution in [0.2, 0.25) is 0 Å². The van der Waals surface area contributed by atoms with E-state index >= 15 is 0 Å². The van der Waals surface area contributed by atoms with Crippen molar-refractivity contribution in [2.75, 3.05) is 19.6 Å². The SMILES string of the molecule is CCN(CCNC(C)C)C(=O)O/N=C(\C)[C@H]1CC[C@H]2[C@@H]3CC[C@@H]4C[C@H](O)CC[C@]4(C)[C@H]3CC[C@]12C. The molecule has 0 aliphatic heterocycles. The van der Waals surface area contributed by atoms with Gasteiger partial charge in [-0.15, -0.1) is 0 Å². The number of hydrogen-bond donors (Lipinski definition) is 2. The Kier molecular flexibility index (Phi) is 8.22. The van der Waals surface area contributed by atoms with Gasteiger partial charge in [-0.25, -0.2) is 4.79 Å². The molecule has 1 amide bonds. The summed E-state index contributed by atoms with van der Waals surface area (Å²) in [5, 5.41) is 18.1. The fourth-order valence-corrected chi connectivity index (χ4v) is 9.02. The molecule has 4 saturated carbocycles. The third-order valence-corrected chi connectivity index (χ3v) is 11.0. The molecule has 0 saturated heterocycles. The van der Waals surface area contributed by atoms with Crippen molar-refractivity contribution in [2.24, 2.45) is 45.6 Å². The lowest BCUT2D eigenvalue weighted by molar-refractivity contribution is -0.123. The maximum atomic E-state index is 12.7. The average Bonchev–Trinajstić information content (AvgIpc) is 3.17. The minimum Gasteiger partial charge on any atom is -0.393 e. The summed E-state index contributed by atoms with van der Waals surface area (Å²) in [7, 11) is 0. The fourth-order valence-electron chi connectivity index (χ4n) is 9.02. The number of fused-ring (bicyclic) bond motifs is 5. The number of aliphatic hydroxyl groups excluding tert-OH is 1. The second-order valence-corrected chi connectivity index (χ2v) is 13.0. The number of rotatable bonds is 7. The van der Waals surface area contributed by atoms with E-state index in [2.05, 4.69) is 45.1 Å². The summed E-state index contributed by atoms with van der Waals surface area (Å²) in [5.74, 6) is 3.45. The molecule has 0 spiro atoms. The molecule has 0 bridgehead atoms. The molecule has 2 N–H and O–H groups in total. The van der Waals surface area contributed by atoms with Gasteiger partial charge in [-0.3, -0.25) is 4.84 Å². The first kappa shape index (κ1) is 26.9. The third kappa shape index (κ3) is 5.16. The number of hydrogen-bond acceptors (Lipinski definition) is 5. The Hall–Kier alpha value is -1.14. The van der Waals surface area contributed by atoms with Gasteiger partial charge in [-0.05, 0) is 106 Å². The highest BCUT2D eigenvalue weighted by molar-refractivity contribution is 5.85. The molecule has 6 nitrogen and oxygen atoms in total. The fraction of sp³-hybridized carbons (Fsp3) is 0.931. The highest BCUT2D eigenvalue weighted by Gasteiger charge is 2.60. The van der Waals surface area contributed by atoms with E-state index in [4.69, 9.17) is 4.84 Å². The number of aliphatic hydroxyl groups is 1. The summed E-state index contributed by atoms with van der Waals surface area (Å²) in [4.78, 5) is 19.9. The zero-order valence-corrected chi connectivity index (χ0v) is 23.2. The lowest BCUT2D eigenvalue weighted by Crippen LogP contribution is -2.54. The number of nitrogens with one attached hydrogen (secondary N) is 1. The van der Waals surface area contributed by atoms with Crippen molar-refractivity contribution in [3.8, 4) is 0 Å². The monoisotopic (exact) mass is 489 g/mol. The van der Waals surface area contributed by atoms with Crippen LogP contribution in [0.3, 0.4) is 0 Å². The van der Waals surface area contributed by atoms with Crippen molar-refractivity contribution in [2.45, 2.75) is 111 Å². The largest absolute Gasteiger partial charge is 0.436 e. The molecule has 0 radical (unpaired) electrons. The van der Waals surface area contributed by atoms with Crippen LogP contribution in [0.25, 0.3) is 0 Å². The van der Waals surface area contributed by atoms with Crippen molar-refractivity contribution in [3.05, 3.63) is 0 Å². The lowest BCUT2D eigenvalue weighted by Gasteiger charge is -2.61. The molecule has 0 aromatic carbocycles. The Balaban J connectivity index is 1.40. The number of nitrogens with zero attached hydrogens (tertiary/aromatic N) is 2. The van der Waals surface area contributed by atoms with E-state index < -0.39 is 0 Å². The first-order valence-electron chi connectivity index (χ1n) is 14.5. The van der Waals surface area contributed by atoms with Gasteiger partial charge in [0.05, 0.1) is 11.8 Å². The van der Waals surface area contributed by atoms with Crippen LogP contribution in [-0.4, -0.2) is 53.6 Å². The molecule has 0 unspecified atom stereocenters. The maximum Gasteiger partial charge on any atom is 0.436 e. The summed E-state index contributed by atoms with van der Waals surface area (Å²) in [6.07, 6.45) is 10.4. The minimum atomic E-state index is -0.341. The van der Waals surface area contributed by atoms with Crippen molar-refractivity contribution in [3.63, 3.8) is 0 Å². The number of likely N-dealkylation sites (N-methyl/N-ethyl adjacent to an activating group) is 1. The Morgan fingerprint density at radius 3 is 2.51 bits per heavy atom. The van der Waals surface area contributed by atoms with E-state index in [1.165, 1.54) is 38.5 Å². The summed E-state index contributed by atoms with van der Waals surface area (Å²) >= 11 is 0. The van der Waals surface area contributed by atoms with Gasteiger partial charge in [-0.2, -0.15) is 0 Å². The van der Waals surface area contributed by atoms with E-state index in [1.54, 1.807) is 4.90 Å². The van der Waals surface area contributed by atoms with Crippen LogP contribution in [0.15, 0.2) is 5.16 Å². The predicted octanol–water partition coefficient (Wildman–Crippen LogP) is 5.84. The second kappa shape index (κ2) is 10.7. The van der Waals surface area contributed by atoms with Gasteiger partial charge >= 0.3 is 6.09 Å².